The molecule has 0 saturated heterocycles. The number of hydrogen-bond donors (Lipinski definition) is 0. The van der Waals surface area contributed by atoms with Crippen LogP contribution in [0.15, 0.2) is 52.0 Å². The largest absolute Gasteiger partial charge is 0.481 e. The molecule has 0 spiro atoms. The highest BCUT2D eigenvalue weighted by Gasteiger charge is 2.15. The fourth-order valence-electron chi connectivity index (χ4n) is 2.08. The number of ether oxygens (including phenoxy) is 1. The van der Waals surface area contributed by atoms with Gasteiger partial charge in [-0.05, 0) is 24.3 Å². The van der Waals surface area contributed by atoms with Crippen LogP contribution in [-0.4, -0.2) is 12.1 Å². The van der Waals surface area contributed by atoms with Gasteiger partial charge in [0.2, 0.25) is 11.3 Å². The summed E-state index contributed by atoms with van der Waals surface area (Å²) in [7, 11) is 1.50. The van der Waals surface area contributed by atoms with Crippen molar-refractivity contribution in [3.8, 4) is 17.0 Å². The Balaban J connectivity index is 2.36. The number of benzene rings is 1. The van der Waals surface area contributed by atoms with Crippen molar-refractivity contribution >= 4 is 22.6 Å². The third kappa shape index (κ3) is 1.94. The maximum atomic E-state index is 12.6. The maximum absolute atomic E-state index is 12.6. The highest BCUT2D eigenvalue weighted by atomic mass is 35.5. The second kappa shape index (κ2) is 4.98. The van der Waals surface area contributed by atoms with Gasteiger partial charge in [-0.15, -0.1) is 0 Å². The van der Waals surface area contributed by atoms with Gasteiger partial charge in [-0.3, -0.25) is 4.79 Å². The summed E-state index contributed by atoms with van der Waals surface area (Å²) in [5.74, 6) is 0.367. The smallest absolute Gasteiger partial charge is 0.221 e. The molecule has 0 atom stereocenters. The predicted molar refractivity (Wildman–Crippen MR) is 77.3 cm³/mol. The van der Waals surface area contributed by atoms with E-state index in [9.17, 15) is 4.79 Å². The van der Waals surface area contributed by atoms with Gasteiger partial charge in [0, 0.05) is 6.20 Å². The summed E-state index contributed by atoms with van der Waals surface area (Å²) in [6.45, 7) is 0. The van der Waals surface area contributed by atoms with Crippen LogP contribution in [0.5, 0.6) is 5.88 Å². The lowest BCUT2D eigenvalue weighted by atomic mass is 10.1. The molecule has 0 fully saturated rings. The zero-order chi connectivity index (χ0) is 14.1. The van der Waals surface area contributed by atoms with Gasteiger partial charge in [-0.1, -0.05) is 17.7 Å². The molecule has 100 valence electrons. The van der Waals surface area contributed by atoms with Crippen molar-refractivity contribution in [1.82, 2.24) is 4.98 Å². The van der Waals surface area contributed by atoms with Crippen LogP contribution in [0.2, 0.25) is 5.02 Å². The topological polar surface area (TPSA) is 52.3 Å². The van der Waals surface area contributed by atoms with Crippen molar-refractivity contribution in [1.29, 1.82) is 0 Å². The van der Waals surface area contributed by atoms with Crippen LogP contribution in [0.4, 0.5) is 0 Å². The third-order valence-corrected chi connectivity index (χ3v) is 3.32. The van der Waals surface area contributed by atoms with Crippen LogP contribution in [-0.2, 0) is 0 Å². The molecule has 0 aliphatic heterocycles. The summed E-state index contributed by atoms with van der Waals surface area (Å²) in [5.41, 5.74) is 1.19. The lowest BCUT2D eigenvalue weighted by molar-refractivity contribution is 0.399. The van der Waals surface area contributed by atoms with E-state index in [1.165, 1.54) is 13.4 Å². The molecule has 2 aromatic heterocycles. The Hall–Kier alpha value is -2.33. The summed E-state index contributed by atoms with van der Waals surface area (Å²) < 4.78 is 10.7. The SMILES string of the molecule is COc1ncccc1-c1coc2cccc(Cl)c2c1=O. The van der Waals surface area contributed by atoms with Crippen LogP contribution in [0, 0.1) is 0 Å². The fourth-order valence-corrected chi connectivity index (χ4v) is 2.33. The monoisotopic (exact) mass is 287 g/mol. The number of halogens is 1. The molecule has 1 aromatic carbocycles. The van der Waals surface area contributed by atoms with E-state index in [-0.39, 0.29) is 5.43 Å². The van der Waals surface area contributed by atoms with E-state index in [1.807, 2.05) is 0 Å². The molecule has 5 heteroatoms. The first-order valence-electron chi connectivity index (χ1n) is 5.92. The van der Waals surface area contributed by atoms with Crippen molar-refractivity contribution < 1.29 is 9.15 Å². The molecule has 0 N–H and O–H groups in total. The zero-order valence-corrected chi connectivity index (χ0v) is 11.3. The number of methoxy groups -OCH3 is 1. The quantitative estimate of drug-likeness (QED) is 0.724. The molecule has 2 heterocycles. The Kier molecular flexibility index (Phi) is 3.16. The summed E-state index contributed by atoms with van der Waals surface area (Å²) in [4.78, 5) is 16.7. The minimum Gasteiger partial charge on any atom is -0.481 e. The Labute approximate surface area is 119 Å². The minimum atomic E-state index is -0.205. The van der Waals surface area contributed by atoms with Gasteiger partial charge in [-0.2, -0.15) is 0 Å². The van der Waals surface area contributed by atoms with Gasteiger partial charge in [0.05, 0.1) is 28.6 Å². The summed E-state index contributed by atoms with van der Waals surface area (Å²) >= 11 is 6.09. The lowest BCUT2D eigenvalue weighted by Crippen LogP contribution is -2.06. The number of nitrogens with zero attached hydrogens (tertiary/aromatic N) is 1. The average molecular weight is 288 g/mol. The van der Waals surface area contributed by atoms with Crippen LogP contribution in [0.25, 0.3) is 22.1 Å². The van der Waals surface area contributed by atoms with E-state index in [1.54, 1.807) is 36.5 Å². The minimum absolute atomic E-state index is 0.205. The number of aromatic nitrogens is 1. The van der Waals surface area contributed by atoms with Crippen molar-refractivity contribution in [2.24, 2.45) is 0 Å². The highest BCUT2D eigenvalue weighted by molar-refractivity contribution is 6.35. The predicted octanol–water partition coefficient (Wildman–Crippen LogP) is 3.52. The highest BCUT2D eigenvalue weighted by Crippen LogP contribution is 2.28. The van der Waals surface area contributed by atoms with Crippen molar-refractivity contribution in [2.45, 2.75) is 0 Å². The van der Waals surface area contributed by atoms with E-state index >= 15 is 0 Å². The molecular formula is C15H10ClNO3. The van der Waals surface area contributed by atoms with Crippen molar-refractivity contribution in [3.63, 3.8) is 0 Å². The van der Waals surface area contributed by atoms with Crippen LogP contribution >= 0.6 is 11.6 Å². The number of rotatable bonds is 2. The molecule has 0 saturated carbocycles. The number of fused-ring (bicyclic) bond motifs is 1. The molecule has 0 radical (unpaired) electrons. The van der Waals surface area contributed by atoms with Crippen LogP contribution < -0.4 is 10.2 Å². The molecular weight excluding hydrogens is 278 g/mol. The van der Waals surface area contributed by atoms with Gasteiger partial charge in [0.25, 0.3) is 0 Å². The van der Waals surface area contributed by atoms with Gasteiger partial charge in [-0.25, -0.2) is 4.98 Å². The van der Waals surface area contributed by atoms with Gasteiger partial charge in [0.15, 0.2) is 0 Å². The van der Waals surface area contributed by atoms with Crippen LogP contribution in [0.1, 0.15) is 0 Å². The molecule has 20 heavy (non-hydrogen) atoms. The Bertz CT molecular complexity index is 842. The van der Waals surface area contributed by atoms with Gasteiger partial charge in [0.1, 0.15) is 11.8 Å². The van der Waals surface area contributed by atoms with E-state index < -0.39 is 0 Å². The summed E-state index contributed by atoms with van der Waals surface area (Å²) in [6.07, 6.45) is 3.00. The molecule has 0 unspecified atom stereocenters. The Morgan fingerprint density at radius 1 is 1.20 bits per heavy atom. The summed E-state index contributed by atoms with van der Waals surface area (Å²) in [6, 6.07) is 8.57. The molecule has 0 aliphatic carbocycles. The standard InChI is InChI=1S/C15H10ClNO3/c1-19-15-9(4-3-7-17-15)10-8-20-12-6-2-5-11(16)13(12)14(10)18/h2-8H,1H3. The Morgan fingerprint density at radius 3 is 2.85 bits per heavy atom. The molecule has 3 rings (SSSR count). The zero-order valence-electron chi connectivity index (χ0n) is 10.6. The number of pyridine rings is 1. The number of hydrogen-bond acceptors (Lipinski definition) is 4. The Morgan fingerprint density at radius 2 is 2.05 bits per heavy atom. The van der Waals surface area contributed by atoms with E-state index in [2.05, 4.69) is 4.98 Å². The van der Waals surface area contributed by atoms with Crippen LogP contribution in [0.3, 0.4) is 0 Å². The second-order valence-corrected chi connectivity index (χ2v) is 4.56. The summed E-state index contributed by atoms with van der Waals surface area (Å²) in [5, 5.41) is 0.721. The molecule has 4 nitrogen and oxygen atoms in total. The van der Waals surface area contributed by atoms with Crippen molar-refractivity contribution in [2.75, 3.05) is 7.11 Å². The van der Waals surface area contributed by atoms with Gasteiger partial charge >= 0.3 is 0 Å². The molecule has 0 aliphatic rings. The molecule has 0 bridgehead atoms. The van der Waals surface area contributed by atoms with Crippen molar-refractivity contribution in [3.05, 3.63) is 58.0 Å². The second-order valence-electron chi connectivity index (χ2n) is 4.15. The first-order valence-corrected chi connectivity index (χ1v) is 6.29. The first kappa shape index (κ1) is 12.7. The van der Waals surface area contributed by atoms with Gasteiger partial charge < -0.3 is 9.15 Å². The lowest BCUT2D eigenvalue weighted by Gasteiger charge is -2.07. The van der Waals surface area contributed by atoms with E-state index in [0.29, 0.717) is 33.0 Å². The van der Waals surface area contributed by atoms with E-state index in [0.717, 1.165) is 0 Å². The maximum Gasteiger partial charge on any atom is 0.221 e. The third-order valence-electron chi connectivity index (χ3n) is 3.01. The fraction of sp³-hybridized carbons (Fsp3) is 0.0667. The molecule has 0 amide bonds. The van der Waals surface area contributed by atoms with E-state index in [4.69, 9.17) is 20.8 Å². The first-order chi connectivity index (χ1) is 9.72. The normalized spacial score (nSPS) is 10.7. The average Bonchev–Trinajstić information content (AvgIpc) is 2.48. The molecule has 3 aromatic rings.